The molecule has 0 aromatic rings. The van der Waals surface area contributed by atoms with Crippen molar-refractivity contribution in [2.24, 2.45) is 0 Å². The smallest absolute Gasteiger partial charge is 0.364 e. The maximum absolute atomic E-state index is 13.6. The molecule has 0 aliphatic carbocycles. The van der Waals surface area contributed by atoms with Crippen LogP contribution in [0.25, 0.3) is 0 Å². The van der Waals surface area contributed by atoms with Gasteiger partial charge in [0.05, 0.1) is 69.5 Å². The molecule has 4 saturated heterocycles. The Hall–Kier alpha value is -3.79. The lowest BCUT2D eigenvalue weighted by Gasteiger charge is -2.51. The number of carbonyl (C=O) groups excluding carboxylic acids is 3. The maximum Gasteiger partial charge on any atom is 0.364 e. The van der Waals surface area contributed by atoms with E-state index in [1.54, 1.807) is 6.08 Å². The molecule has 8 unspecified atom stereocenters. The predicted molar refractivity (Wildman–Crippen MR) is 391 cm³/mol. The summed E-state index contributed by atoms with van der Waals surface area (Å²) >= 11 is 0. The van der Waals surface area contributed by atoms with Crippen molar-refractivity contribution >= 4 is 29.7 Å². The first kappa shape index (κ1) is 96.6. The fourth-order valence-electron chi connectivity index (χ4n) is 14.6. The fraction of sp³-hybridized carbons (Fsp3) is 0.908. The first-order chi connectivity index (χ1) is 51.7. The summed E-state index contributed by atoms with van der Waals surface area (Å²) in [5.74, 6) is -13.1. The number of rotatable bonds is 58. The minimum absolute atomic E-state index is 0.156. The van der Waals surface area contributed by atoms with Crippen LogP contribution in [0, 0.1) is 0 Å². The number of unbranched alkanes of at least 4 members (excludes halogenated alkanes) is 31. The van der Waals surface area contributed by atoms with Crippen LogP contribution >= 0.6 is 0 Å². The van der Waals surface area contributed by atoms with Crippen molar-refractivity contribution in [1.82, 2.24) is 16.0 Å². The van der Waals surface area contributed by atoms with Crippen LogP contribution in [0.15, 0.2) is 12.2 Å². The minimum atomic E-state index is -3.39. The summed E-state index contributed by atoms with van der Waals surface area (Å²) in [4.78, 5) is 65.1. The molecular formula is C76H137N3O29. The highest BCUT2D eigenvalue weighted by molar-refractivity contribution is 5.78. The zero-order chi connectivity index (χ0) is 79.8. The molecule has 4 fully saturated rings. The molecule has 0 spiro atoms. The first-order valence-corrected chi connectivity index (χ1v) is 40.2. The summed E-state index contributed by atoms with van der Waals surface area (Å²) in [7, 11) is 0. The van der Waals surface area contributed by atoms with Crippen molar-refractivity contribution < 1.29 is 144 Å². The standard InChI is InChI=1S/C76H137N3O29/c1-5-7-9-11-13-15-17-19-20-21-22-23-24-25-26-28-30-32-34-36-38-40-58(90)79-50(51(86)39-37-35-33-31-29-27-18-16-14-12-10-8-6-2)47-101-71-65(95)64(94)67(57(46-83)103-71)104-72-66(96)70(62(92)55(44-81)102-72)108-76(74(99)100)42-53(88)60(78-49(4)85)69(107-76)63(93)56(45-82)105-75(73(97)98)41-52(87)59(77-48(3)84)68(106-75)61(91)54(89)43-80/h37,39,50-57,59-72,80-83,86-89,91-96H,5-36,38,40-47H2,1-4H3,(H,77,84)(H,78,85)(H,79,90)(H,97,98)(H,99,100)/b39-37+/t50-,51+,52?,53?,54+,55?,56+,57?,59+,60+,61+,62-,63+,64+,65?,66?,67+,68?,69?,70-,71+,72-,75+,76-/m0/s1. The number of carbonyl (C=O) groups is 5. The van der Waals surface area contributed by atoms with E-state index >= 15 is 0 Å². The van der Waals surface area contributed by atoms with Gasteiger partial charge in [-0.2, -0.15) is 0 Å². The van der Waals surface area contributed by atoms with Crippen LogP contribution in [-0.4, -0.2) is 290 Å². The second-order valence-corrected chi connectivity index (χ2v) is 30.0. The van der Waals surface area contributed by atoms with E-state index in [-0.39, 0.29) is 12.3 Å². The van der Waals surface area contributed by atoms with Crippen molar-refractivity contribution in [3.05, 3.63) is 12.2 Å². The monoisotopic (exact) mass is 1560 g/mol. The first-order valence-electron chi connectivity index (χ1n) is 40.2. The highest BCUT2D eigenvalue weighted by Crippen LogP contribution is 2.41. The lowest BCUT2D eigenvalue weighted by Crippen LogP contribution is -2.72. The summed E-state index contributed by atoms with van der Waals surface area (Å²) in [6, 6.07) is -4.73. The summed E-state index contributed by atoms with van der Waals surface area (Å²) in [6.07, 6.45) is -0.0209. The molecule has 0 bridgehead atoms. The Morgan fingerprint density at radius 3 is 1.36 bits per heavy atom. The quantitative estimate of drug-likeness (QED) is 0.0307. The number of nitrogens with one attached hydrogen (secondary N) is 3. The highest BCUT2D eigenvalue weighted by atomic mass is 16.8. The molecule has 630 valence electrons. The largest absolute Gasteiger partial charge is 0.477 e. The lowest BCUT2D eigenvalue weighted by atomic mass is 9.87. The predicted octanol–water partition coefficient (Wildman–Crippen LogP) is 2.68. The number of amides is 3. The van der Waals surface area contributed by atoms with Gasteiger partial charge in [-0.15, -0.1) is 0 Å². The average molecular weight is 1560 g/mol. The molecule has 0 aromatic heterocycles. The van der Waals surface area contributed by atoms with Crippen LogP contribution in [-0.2, 0) is 61.9 Å². The summed E-state index contributed by atoms with van der Waals surface area (Å²) in [5.41, 5.74) is 0. The van der Waals surface area contributed by atoms with Crippen molar-refractivity contribution in [1.29, 1.82) is 0 Å². The molecule has 32 heteroatoms. The molecule has 108 heavy (non-hydrogen) atoms. The van der Waals surface area contributed by atoms with Gasteiger partial charge >= 0.3 is 11.9 Å². The second-order valence-electron chi connectivity index (χ2n) is 30.0. The number of carboxylic acids is 2. The Bertz CT molecular complexity index is 2510. The van der Waals surface area contributed by atoms with E-state index in [0.717, 1.165) is 65.2 Å². The van der Waals surface area contributed by atoms with Gasteiger partial charge in [0.2, 0.25) is 17.7 Å². The Morgan fingerprint density at radius 2 is 0.926 bits per heavy atom. The lowest BCUT2D eigenvalue weighted by molar-refractivity contribution is -0.388. The Labute approximate surface area is 636 Å². The number of carboxylic acid groups (broad SMARTS) is 2. The topological polar surface area (TPSA) is 519 Å². The zero-order valence-corrected chi connectivity index (χ0v) is 64.3. The molecule has 0 saturated carbocycles. The summed E-state index contributed by atoms with van der Waals surface area (Å²) in [6.45, 7) is 1.14. The van der Waals surface area contributed by atoms with E-state index in [1.807, 2.05) is 6.08 Å². The maximum atomic E-state index is 13.6. The van der Waals surface area contributed by atoms with Gasteiger partial charge in [-0.3, -0.25) is 14.4 Å². The number of hydrogen-bond donors (Lipinski definition) is 19. The number of allylic oxidation sites excluding steroid dienone is 1. The number of aliphatic carboxylic acids is 2. The van der Waals surface area contributed by atoms with Crippen molar-refractivity contribution in [2.75, 3.05) is 33.0 Å². The summed E-state index contributed by atoms with van der Waals surface area (Å²) in [5, 5.41) is 185. The van der Waals surface area contributed by atoms with Crippen molar-refractivity contribution in [2.45, 2.75) is 405 Å². The van der Waals surface area contributed by atoms with Crippen molar-refractivity contribution in [3.63, 3.8) is 0 Å². The van der Waals surface area contributed by atoms with Gasteiger partial charge in [0.1, 0.15) is 85.5 Å². The Balaban J connectivity index is 1.44. The van der Waals surface area contributed by atoms with E-state index in [9.17, 15) is 106 Å². The van der Waals surface area contributed by atoms with Crippen LogP contribution in [0.1, 0.15) is 259 Å². The minimum Gasteiger partial charge on any atom is -0.477 e. The van der Waals surface area contributed by atoms with Crippen LogP contribution in [0.4, 0.5) is 0 Å². The fourth-order valence-corrected chi connectivity index (χ4v) is 14.6. The van der Waals surface area contributed by atoms with E-state index in [2.05, 4.69) is 29.8 Å². The number of ether oxygens (including phenoxy) is 8. The van der Waals surface area contributed by atoms with Crippen LogP contribution in [0.5, 0.6) is 0 Å². The van der Waals surface area contributed by atoms with E-state index < -0.39 is 216 Å². The molecule has 4 aliphatic heterocycles. The summed E-state index contributed by atoms with van der Waals surface area (Å²) < 4.78 is 46.5. The Morgan fingerprint density at radius 1 is 0.500 bits per heavy atom. The molecule has 4 aliphatic rings. The number of aliphatic hydroxyl groups excluding tert-OH is 14. The van der Waals surface area contributed by atoms with Gasteiger partial charge < -0.3 is 136 Å². The van der Waals surface area contributed by atoms with E-state index in [4.69, 9.17) is 37.9 Å². The van der Waals surface area contributed by atoms with Gasteiger partial charge in [-0.1, -0.05) is 219 Å². The zero-order valence-electron chi connectivity index (χ0n) is 64.3. The van der Waals surface area contributed by atoms with E-state index in [1.165, 1.54) is 148 Å². The van der Waals surface area contributed by atoms with Crippen LogP contribution in [0.3, 0.4) is 0 Å². The number of aliphatic hydroxyl groups is 14. The van der Waals surface area contributed by atoms with Gasteiger partial charge in [-0.25, -0.2) is 9.59 Å². The van der Waals surface area contributed by atoms with Gasteiger partial charge in [0.25, 0.3) is 11.6 Å². The van der Waals surface area contributed by atoms with E-state index in [0.29, 0.717) is 12.8 Å². The normalized spacial score (nSPS) is 30.6. The SMILES string of the molecule is CCCCCCCCCCCCC/C=C/[C@@H](O)[C@H](CO[C@@H]1OC(CO)[C@@H](O[C@@H]2OC(CO)[C@H](O)[C@H](O[C@]3(C(=O)O)CC(O)[C@@H](NC(C)=O)C([C@H](O)[C@@H](CO)O[C@]4(C(=O)O)CC(O)[C@@H](NC(C)=O)C([C@H](O)[C@H](O)CO)O4)O3)C2O)[C@H](O)C1O)NC(=O)CCCCCCCCCCCCCCCCCCCCCCC. The third-order valence-electron chi connectivity index (χ3n) is 21.0. The molecule has 0 aromatic carbocycles. The molecular weight excluding hydrogens is 1420 g/mol. The van der Waals surface area contributed by atoms with Crippen LogP contribution < -0.4 is 16.0 Å². The molecule has 3 amide bonds. The van der Waals surface area contributed by atoms with Crippen molar-refractivity contribution in [3.8, 4) is 0 Å². The third-order valence-corrected chi connectivity index (χ3v) is 21.0. The second kappa shape index (κ2) is 52.6. The molecule has 0 radical (unpaired) electrons. The molecule has 32 nitrogen and oxygen atoms in total. The highest BCUT2D eigenvalue weighted by Gasteiger charge is 2.62. The molecule has 24 atom stereocenters. The number of hydrogen-bond acceptors (Lipinski definition) is 27. The average Bonchev–Trinajstić information content (AvgIpc) is 0.752. The van der Waals surface area contributed by atoms with Crippen LogP contribution in [0.2, 0.25) is 0 Å². The Kier molecular flexibility index (Phi) is 47.0. The van der Waals surface area contributed by atoms with Gasteiger partial charge in [0.15, 0.2) is 12.6 Å². The molecule has 19 N–H and O–H groups in total. The van der Waals surface area contributed by atoms with Gasteiger partial charge in [0, 0.05) is 33.1 Å². The third kappa shape index (κ3) is 31.9. The van der Waals surface area contributed by atoms with Gasteiger partial charge in [-0.05, 0) is 19.3 Å². The molecule has 4 heterocycles. The molecule has 4 rings (SSSR count).